The third-order valence-corrected chi connectivity index (χ3v) is 3.77. The van der Waals surface area contributed by atoms with Crippen LogP contribution in [0.1, 0.15) is 30.5 Å². The first kappa shape index (κ1) is 16.0. The van der Waals surface area contributed by atoms with Gasteiger partial charge < -0.3 is 0 Å². The molecule has 2 aromatic carbocycles. The summed E-state index contributed by atoms with van der Waals surface area (Å²) < 4.78 is 0. The molecule has 1 nitrogen and oxygen atoms in total. The minimum absolute atomic E-state index is 1.16. The molecule has 22 heavy (non-hydrogen) atoms. The van der Waals surface area contributed by atoms with Gasteiger partial charge in [0.15, 0.2) is 0 Å². The Balaban J connectivity index is 2.48. The fraction of sp³-hybridized carbons (Fsp3) is 0.190. The van der Waals surface area contributed by atoms with Gasteiger partial charge in [-0.1, -0.05) is 60.7 Å². The standard InChI is InChI=1S/C21H23N/c1-16-10-8-9-13-20(16)17(2)14-18(3)21(15-22-4)19-11-6-5-7-12-19/h5-15H,1-4H3/b17-14+,21-18+,22-15?. The fourth-order valence-electron chi connectivity index (χ4n) is 2.65. The van der Waals surface area contributed by atoms with Gasteiger partial charge in [-0.15, -0.1) is 0 Å². The van der Waals surface area contributed by atoms with Crippen molar-refractivity contribution in [3.8, 4) is 0 Å². The molecular formula is C21H23N. The maximum absolute atomic E-state index is 4.22. The van der Waals surface area contributed by atoms with E-state index in [1.807, 2.05) is 19.3 Å². The first-order valence-electron chi connectivity index (χ1n) is 7.56. The molecule has 0 spiro atoms. The highest BCUT2D eigenvalue weighted by molar-refractivity contribution is 6.11. The highest BCUT2D eigenvalue weighted by atomic mass is 14.6. The summed E-state index contributed by atoms with van der Waals surface area (Å²) in [6, 6.07) is 18.9. The van der Waals surface area contributed by atoms with Crippen molar-refractivity contribution in [1.29, 1.82) is 0 Å². The predicted octanol–water partition coefficient (Wildman–Crippen LogP) is 5.57. The molecule has 0 fully saturated rings. The summed E-state index contributed by atoms with van der Waals surface area (Å²) in [4.78, 5) is 4.22. The van der Waals surface area contributed by atoms with E-state index < -0.39 is 0 Å². The highest BCUT2D eigenvalue weighted by Crippen LogP contribution is 2.23. The summed E-state index contributed by atoms with van der Waals surface area (Å²) in [6.07, 6.45) is 4.18. The van der Waals surface area contributed by atoms with Gasteiger partial charge in [-0.2, -0.15) is 0 Å². The van der Waals surface area contributed by atoms with Crippen molar-refractivity contribution in [2.75, 3.05) is 7.05 Å². The normalized spacial score (nSPS) is 13.4. The van der Waals surface area contributed by atoms with Crippen LogP contribution in [0.25, 0.3) is 11.1 Å². The van der Waals surface area contributed by atoms with Gasteiger partial charge in [0.25, 0.3) is 0 Å². The van der Waals surface area contributed by atoms with Crippen LogP contribution in [0, 0.1) is 6.92 Å². The van der Waals surface area contributed by atoms with Gasteiger partial charge >= 0.3 is 0 Å². The van der Waals surface area contributed by atoms with Crippen LogP contribution in [0.15, 0.2) is 71.2 Å². The number of benzene rings is 2. The Kier molecular flexibility index (Phi) is 5.48. The highest BCUT2D eigenvalue weighted by Gasteiger charge is 2.04. The zero-order chi connectivity index (χ0) is 15.9. The zero-order valence-corrected chi connectivity index (χ0v) is 13.8. The molecule has 0 aliphatic heterocycles. The molecule has 2 rings (SSSR count). The van der Waals surface area contributed by atoms with Crippen molar-refractivity contribution in [1.82, 2.24) is 0 Å². The lowest BCUT2D eigenvalue weighted by Crippen LogP contribution is -1.91. The van der Waals surface area contributed by atoms with Gasteiger partial charge in [-0.25, -0.2) is 0 Å². The van der Waals surface area contributed by atoms with Crippen LogP contribution < -0.4 is 0 Å². The van der Waals surface area contributed by atoms with Crippen LogP contribution in [0.5, 0.6) is 0 Å². The molecule has 2 aromatic rings. The molecule has 0 N–H and O–H groups in total. The van der Waals surface area contributed by atoms with Crippen molar-refractivity contribution in [2.24, 2.45) is 4.99 Å². The van der Waals surface area contributed by atoms with E-state index in [1.165, 1.54) is 27.8 Å². The fourth-order valence-corrected chi connectivity index (χ4v) is 2.65. The van der Waals surface area contributed by atoms with Crippen LogP contribution in [-0.2, 0) is 0 Å². The minimum atomic E-state index is 1.16. The Morgan fingerprint density at radius 3 is 2.18 bits per heavy atom. The minimum Gasteiger partial charge on any atom is -0.296 e. The summed E-state index contributed by atoms with van der Waals surface area (Å²) >= 11 is 0. The zero-order valence-electron chi connectivity index (χ0n) is 13.8. The number of aryl methyl sites for hydroxylation is 1. The molecule has 1 heteroatoms. The molecule has 0 aromatic heterocycles. The van der Waals surface area contributed by atoms with Crippen molar-refractivity contribution in [3.63, 3.8) is 0 Å². The van der Waals surface area contributed by atoms with Crippen LogP contribution >= 0.6 is 0 Å². The van der Waals surface area contributed by atoms with E-state index in [4.69, 9.17) is 0 Å². The largest absolute Gasteiger partial charge is 0.296 e. The van der Waals surface area contributed by atoms with Gasteiger partial charge in [0.05, 0.1) is 0 Å². The molecule has 0 atom stereocenters. The Labute approximate surface area is 133 Å². The molecular weight excluding hydrogens is 266 g/mol. The molecule has 0 saturated heterocycles. The smallest absolute Gasteiger partial charge is 0.0290 e. The average Bonchev–Trinajstić information content (AvgIpc) is 2.53. The second-order valence-corrected chi connectivity index (χ2v) is 5.49. The van der Waals surface area contributed by atoms with E-state index >= 15 is 0 Å². The molecule has 0 bridgehead atoms. The number of allylic oxidation sites excluding steroid dienone is 4. The summed E-state index contributed by atoms with van der Waals surface area (Å²) in [6.45, 7) is 6.46. The lowest BCUT2D eigenvalue weighted by molar-refractivity contribution is 1.40. The van der Waals surface area contributed by atoms with Gasteiger partial charge in [-0.05, 0) is 48.6 Å². The van der Waals surface area contributed by atoms with Crippen LogP contribution in [0.4, 0.5) is 0 Å². The van der Waals surface area contributed by atoms with E-state index in [0.29, 0.717) is 0 Å². The first-order valence-corrected chi connectivity index (χ1v) is 7.56. The monoisotopic (exact) mass is 289 g/mol. The topological polar surface area (TPSA) is 12.4 Å². The van der Waals surface area contributed by atoms with Crippen LogP contribution in [0.2, 0.25) is 0 Å². The van der Waals surface area contributed by atoms with E-state index in [-0.39, 0.29) is 0 Å². The number of hydrogen-bond donors (Lipinski definition) is 0. The predicted molar refractivity (Wildman–Crippen MR) is 98.3 cm³/mol. The van der Waals surface area contributed by atoms with Gasteiger partial charge in [0, 0.05) is 18.8 Å². The molecule has 0 heterocycles. The summed E-state index contributed by atoms with van der Waals surface area (Å²) in [5, 5.41) is 0. The van der Waals surface area contributed by atoms with Crippen LogP contribution in [-0.4, -0.2) is 13.3 Å². The van der Waals surface area contributed by atoms with Gasteiger partial charge in [0.1, 0.15) is 0 Å². The number of hydrogen-bond acceptors (Lipinski definition) is 1. The van der Waals surface area contributed by atoms with Gasteiger partial charge in [0.2, 0.25) is 0 Å². The Bertz CT molecular complexity index is 719. The second kappa shape index (κ2) is 7.56. The Hall–Kier alpha value is -2.41. The maximum atomic E-state index is 4.22. The summed E-state index contributed by atoms with van der Waals surface area (Å²) in [7, 11) is 1.81. The second-order valence-electron chi connectivity index (χ2n) is 5.49. The summed E-state index contributed by atoms with van der Waals surface area (Å²) in [5.41, 5.74) is 7.44. The van der Waals surface area contributed by atoms with E-state index in [9.17, 15) is 0 Å². The van der Waals surface area contributed by atoms with E-state index in [2.05, 4.69) is 80.4 Å². The molecule has 112 valence electrons. The van der Waals surface area contributed by atoms with Crippen molar-refractivity contribution < 1.29 is 0 Å². The van der Waals surface area contributed by atoms with Crippen molar-refractivity contribution in [3.05, 3.63) is 82.9 Å². The molecule has 0 saturated carbocycles. The lowest BCUT2D eigenvalue weighted by atomic mass is 9.96. The molecule has 0 aliphatic rings. The Morgan fingerprint density at radius 2 is 1.55 bits per heavy atom. The first-order chi connectivity index (χ1) is 10.6. The average molecular weight is 289 g/mol. The van der Waals surface area contributed by atoms with E-state index in [1.54, 1.807) is 0 Å². The molecule has 0 radical (unpaired) electrons. The van der Waals surface area contributed by atoms with Crippen molar-refractivity contribution in [2.45, 2.75) is 20.8 Å². The summed E-state index contributed by atoms with van der Waals surface area (Å²) in [5.74, 6) is 0. The number of nitrogens with zero attached hydrogens (tertiary/aromatic N) is 1. The van der Waals surface area contributed by atoms with Crippen LogP contribution in [0.3, 0.4) is 0 Å². The number of aliphatic imine (C=N–C) groups is 1. The SMILES string of the molecule is CN=C/C(=C(C)\C=C(/C)c1ccccc1C)c1ccccc1. The Morgan fingerprint density at radius 1 is 0.909 bits per heavy atom. The molecule has 0 amide bonds. The lowest BCUT2D eigenvalue weighted by Gasteiger charge is -2.09. The number of rotatable bonds is 4. The van der Waals surface area contributed by atoms with Gasteiger partial charge in [-0.3, -0.25) is 4.99 Å². The third kappa shape index (κ3) is 3.82. The molecule has 0 aliphatic carbocycles. The quantitative estimate of drug-likeness (QED) is 0.515. The maximum Gasteiger partial charge on any atom is 0.0290 e. The third-order valence-electron chi connectivity index (χ3n) is 3.77. The van der Waals surface area contributed by atoms with Crippen molar-refractivity contribution >= 4 is 17.4 Å². The van der Waals surface area contributed by atoms with E-state index in [0.717, 1.165) is 5.57 Å². The molecule has 0 unspecified atom stereocenters.